The van der Waals surface area contributed by atoms with E-state index in [1.807, 2.05) is 18.2 Å². The molecule has 0 aliphatic carbocycles. The van der Waals surface area contributed by atoms with E-state index in [2.05, 4.69) is 47.0 Å². The average molecular weight is 380 g/mol. The number of likely N-dealkylation sites (N-methyl/N-ethyl adjacent to an activating group) is 1. The zero-order valence-electron chi connectivity index (χ0n) is 17.1. The first kappa shape index (κ1) is 18.6. The highest BCUT2D eigenvalue weighted by molar-refractivity contribution is 6.04. The number of nitrogens with zero attached hydrogens (tertiary/aromatic N) is 4. The second kappa shape index (κ2) is 7.72. The Morgan fingerprint density at radius 2 is 1.75 bits per heavy atom. The van der Waals surface area contributed by atoms with Crippen molar-refractivity contribution in [3.63, 3.8) is 0 Å². The van der Waals surface area contributed by atoms with Crippen molar-refractivity contribution in [2.24, 2.45) is 4.99 Å². The molecule has 1 fully saturated rings. The van der Waals surface area contributed by atoms with Gasteiger partial charge >= 0.3 is 0 Å². The largest absolute Gasteiger partial charge is 0.493 e. The average Bonchev–Trinajstić information content (AvgIpc) is 2.73. The fourth-order valence-corrected chi connectivity index (χ4v) is 3.82. The minimum atomic E-state index is 0.719. The molecule has 148 valence electrons. The number of hydrogen-bond donors (Lipinski definition) is 0. The summed E-state index contributed by atoms with van der Waals surface area (Å²) in [4.78, 5) is 12.0. The van der Waals surface area contributed by atoms with Gasteiger partial charge in [-0.25, -0.2) is 4.99 Å². The molecule has 3 aliphatic heterocycles. The van der Waals surface area contributed by atoms with Crippen molar-refractivity contribution < 1.29 is 9.47 Å². The van der Waals surface area contributed by atoms with Gasteiger partial charge in [0.25, 0.3) is 0 Å². The summed E-state index contributed by atoms with van der Waals surface area (Å²) in [7, 11) is 5.49. The first-order valence-corrected chi connectivity index (χ1v) is 9.71. The van der Waals surface area contributed by atoms with Crippen LogP contribution in [0.4, 0.5) is 0 Å². The summed E-state index contributed by atoms with van der Waals surface area (Å²) in [6.45, 7) is 7.30. The number of methoxy groups -OCH3 is 2. The maximum atomic E-state index is 5.44. The molecule has 6 nitrogen and oxygen atoms in total. The molecule has 0 spiro atoms. The molecule has 0 atom stereocenters. The van der Waals surface area contributed by atoms with Gasteiger partial charge in [-0.15, -0.1) is 0 Å². The number of rotatable bonds is 4. The number of amidine groups is 1. The fraction of sp³-hybridized carbons (Fsp3) is 0.409. The second-order valence-electron chi connectivity index (χ2n) is 7.42. The zero-order valence-corrected chi connectivity index (χ0v) is 17.1. The van der Waals surface area contributed by atoms with Gasteiger partial charge in [-0.05, 0) is 49.9 Å². The number of allylic oxidation sites excluding steroid dienone is 1. The quantitative estimate of drug-likeness (QED) is 0.803. The van der Waals surface area contributed by atoms with Crippen molar-refractivity contribution in [3.8, 4) is 11.5 Å². The summed E-state index contributed by atoms with van der Waals surface area (Å²) in [5, 5.41) is 0. The third-order valence-electron chi connectivity index (χ3n) is 5.53. The number of benzene rings is 1. The molecule has 1 saturated heterocycles. The van der Waals surface area contributed by atoms with E-state index in [1.165, 1.54) is 11.3 Å². The molecule has 0 bridgehead atoms. The lowest BCUT2D eigenvalue weighted by Crippen LogP contribution is -2.45. The molecule has 4 rings (SSSR count). The Bertz CT molecular complexity index is 877. The molecule has 3 heterocycles. The van der Waals surface area contributed by atoms with E-state index >= 15 is 0 Å². The van der Waals surface area contributed by atoms with Gasteiger partial charge in [0.1, 0.15) is 5.84 Å². The SMILES string of the molecule is COc1ccc(C2=CCN3C=C(N4CCN(C)CC4)C=C(C)C3=N2)cc1OC. The lowest BCUT2D eigenvalue weighted by molar-refractivity contribution is 0.188. The smallest absolute Gasteiger partial charge is 0.161 e. The molecular formula is C22H28N4O2. The summed E-state index contributed by atoms with van der Waals surface area (Å²) >= 11 is 0. The summed E-state index contributed by atoms with van der Waals surface area (Å²) in [6, 6.07) is 5.94. The Morgan fingerprint density at radius 1 is 1.00 bits per heavy atom. The molecule has 0 aromatic heterocycles. The number of piperazine rings is 1. The first-order valence-electron chi connectivity index (χ1n) is 9.71. The van der Waals surface area contributed by atoms with Gasteiger partial charge in [0.2, 0.25) is 0 Å². The second-order valence-corrected chi connectivity index (χ2v) is 7.42. The molecule has 28 heavy (non-hydrogen) atoms. The van der Waals surface area contributed by atoms with E-state index < -0.39 is 0 Å². The standard InChI is InChI=1S/C22H28N4O2/c1-16-13-18(25-11-9-24(2)10-12-25)15-26-8-7-19(23-22(16)26)17-5-6-20(27-3)21(14-17)28-4/h5-7,13-15H,8-12H2,1-4H3. The number of ether oxygens (including phenoxy) is 2. The van der Waals surface area contributed by atoms with Gasteiger partial charge in [0.15, 0.2) is 11.5 Å². The molecule has 0 saturated carbocycles. The van der Waals surface area contributed by atoms with E-state index in [9.17, 15) is 0 Å². The molecule has 0 amide bonds. The molecule has 0 N–H and O–H groups in total. The molecule has 0 radical (unpaired) electrons. The van der Waals surface area contributed by atoms with Crippen LogP contribution in [0.1, 0.15) is 12.5 Å². The van der Waals surface area contributed by atoms with Crippen LogP contribution in [0.25, 0.3) is 5.70 Å². The Balaban J connectivity index is 1.57. The normalized spacial score (nSPS) is 20.0. The molecular weight excluding hydrogens is 352 g/mol. The van der Waals surface area contributed by atoms with Crippen molar-refractivity contribution >= 4 is 11.5 Å². The van der Waals surface area contributed by atoms with Gasteiger partial charge in [-0.3, -0.25) is 0 Å². The highest BCUT2D eigenvalue weighted by atomic mass is 16.5. The highest BCUT2D eigenvalue weighted by Crippen LogP contribution is 2.33. The third-order valence-corrected chi connectivity index (χ3v) is 5.53. The molecule has 0 unspecified atom stereocenters. The highest BCUT2D eigenvalue weighted by Gasteiger charge is 2.24. The zero-order chi connectivity index (χ0) is 19.7. The van der Waals surface area contributed by atoms with E-state index in [1.54, 1.807) is 14.2 Å². The van der Waals surface area contributed by atoms with Gasteiger partial charge in [-0.1, -0.05) is 0 Å². The molecule has 3 aliphatic rings. The number of aliphatic imine (C=N–C) groups is 1. The Morgan fingerprint density at radius 3 is 2.46 bits per heavy atom. The minimum absolute atomic E-state index is 0.719. The predicted octanol–water partition coefficient (Wildman–Crippen LogP) is 2.81. The van der Waals surface area contributed by atoms with Gasteiger partial charge < -0.3 is 24.2 Å². The van der Waals surface area contributed by atoms with Crippen LogP contribution in [0.2, 0.25) is 0 Å². The van der Waals surface area contributed by atoms with Gasteiger partial charge in [0.05, 0.1) is 25.6 Å². The van der Waals surface area contributed by atoms with E-state index in [4.69, 9.17) is 14.5 Å². The van der Waals surface area contributed by atoms with Crippen molar-refractivity contribution in [2.45, 2.75) is 6.92 Å². The number of hydrogen-bond acceptors (Lipinski definition) is 6. The topological polar surface area (TPSA) is 40.5 Å². The Labute approximate surface area is 167 Å². The van der Waals surface area contributed by atoms with E-state index in [0.29, 0.717) is 0 Å². The summed E-state index contributed by atoms with van der Waals surface area (Å²) in [6.07, 6.45) is 6.67. The van der Waals surface area contributed by atoms with Crippen LogP contribution < -0.4 is 9.47 Å². The molecule has 1 aromatic rings. The number of fused-ring (bicyclic) bond motifs is 1. The molecule has 1 aromatic carbocycles. The van der Waals surface area contributed by atoms with Gasteiger partial charge in [0, 0.05) is 44.5 Å². The maximum absolute atomic E-state index is 5.44. The van der Waals surface area contributed by atoms with Crippen molar-refractivity contribution in [1.29, 1.82) is 0 Å². The van der Waals surface area contributed by atoms with Crippen LogP contribution in [-0.4, -0.2) is 74.5 Å². The van der Waals surface area contributed by atoms with Crippen LogP contribution in [0, 0.1) is 0 Å². The Hall–Kier alpha value is -2.73. The third kappa shape index (κ3) is 3.52. The van der Waals surface area contributed by atoms with Crippen LogP contribution in [0.5, 0.6) is 11.5 Å². The lowest BCUT2D eigenvalue weighted by atomic mass is 10.1. The molecule has 6 heteroatoms. The van der Waals surface area contributed by atoms with Crippen LogP contribution in [-0.2, 0) is 0 Å². The summed E-state index contributed by atoms with van der Waals surface area (Å²) in [5.41, 5.74) is 4.48. The monoisotopic (exact) mass is 380 g/mol. The van der Waals surface area contributed by atoms with E-state index in [-0.39, 0.29) is 0 Å². The van der Waals surface area contributed by atoms with Gasteiger partial charge in [-0.2, -0.15) is 0 Å². The van der Waals surface area contributed by atoms with Crippen LogP contribution in [0.15, 0.2) is 52.8 Å². The van der Waals surface area contributed by atoms with Crippen molar-refractivity contribution in [1.82, 2.24) is 14.7 Å². The van der Waals surface area contributed by atoms with Crippen LogP contribution >= 0.6 is 0 Å². The minimum Gasteiger partial charge on any atom is -0.493 e. The lowest BCUT2D eigenvalue weighted by Gasteiger charge is -2.38. The Kier molecular flexibility index (Phi) is 5.13. The van der Waals surface area contributed by atoms with Crippen molar-refractivity contribution in [3.05, 3.63) is 53.4 Å². The summed E-state index contributed by atoms with van der Waals surface area (Å²) in [5.74, 6) is 2.47. The first-order chi connectivity index (χ1) is 13.6. The van der Waals surface area contributed by atoms with Crippen LogP contribution in [0.3, 0.4) is 0 Å². The van der Waals surface area contributed by atoms with E-state index in [0.717, 1.165) is 61.3 Å². The fourth-order valence-electron chi connectivity index (χ4n) is 3.82. The maximum Gasteiger partial charge on any atom is 0.161 e. The predicted molar refractivity (Wildman–Crippen MR) is 113 cm³/mol. The summed E-state index contributed by atoms with van der Waals surface area (Å²) < 4.78 is 10.8. The van der Waals surface area contributed by atoms with Crippen molar-refractivity contribution in [2.75, 3.05) is 54.0 Å².